The van der Waals surface area contributed by atoms with Gasteiger partial charge in [-0.15, -0.1) is 0 Å². The fraction of sp³-hybridized carbons (Fsp3) is 0.154. The van der Waals surface area contributed by atoms with Crippen LogP contribution in [0.1, 0.15) is 5.56 Å². The van der Waals surface area contributed by atoms with Crippen molar-refractivity contribution in [2.75, 3.05) is 6.26 Å². The molecule has 2 aromatic rings. The summed E-state index contributed by atoms with van der Waals surface area (Å²) in [4.78, 5) is 5.22. The Morgan fingerprint density at radius 1 is 1.21 bits per heavy atom. The minimum atomic E-state index is -3.29. The number of aromatic nitrogens is 1. The largest absolute Gasteiger partial charge is 0.392 e. The van der Waals surface area contributed by atoms with Gasteiger partial charge in [0.1, 0.15) is 5.03 Å². The Kier molecular flexibility index (Phi) is 4.24. The summed E-state index contributed by atoms with van der Waals surface area (Å²) in [5.41, 5.74) is 0.814. The van der Waals surface area contributed by atoms with Gasteiger partial charge in [-0.3, -0.25) is 0 Å². The zero-order valence-corrected chi connectivity index (χ0v) is 11.9. The third-order valence-electron chi connectivity index (χ3n) is 2.46. The van der Waals surface area contributed by atoms with Crippen LogP contribution in [0.2, 0.25) is 0 Å². The Balaban J connectivity index is 2.33. The van der Waals surface area contributed by atoms with E-state index >= 15 is 0 Å². The molecule has 0 saturated carbocycles. The van der Waals surface area contributed by atoms with Gasteiger partial charge in [-0.25, -0.2) is 13.4 Å². The quantitative estimate of drug-likeness (QED) is 0.936. The second kappa shape index (κ2) is 5.73. The summed E-state index contributed by atoms with van der Waals surface area (Å²) < 4.78 is 23.3. The standard InChI is InChI=1S/C13H13NO3S2/c1-19(16,17)12-3-2-8-14-13(12)18-11-6-4-10(9-15)5-7-11/h2-8,15H,9H2,1H3. The second-order valence-electron chi connectivity index (χ2n) is 3.98. The number of aliphatic hydroxyl groups is 1. The number of rotatable bonds is 4. The SMILES string of the molecule is CS(=O)(=O)c1cccnc1Sc1ccc(CO)cc1. The molecule has 4 nitrogen and oxygen atoms in total. The molecule has 1 aromatic carbocycles. The lowest BCUT2D eigenvalue weighted by Gasteiger charge is -2.06. The van der Waals surface area contributed by atoms with Gasteiger partial charge in [0.15, 0.2) is 9.84 Å². The third-order valence-corrected chi connectivity index (χ3v) is 4.74. The Morgan fingerprint density at radius 2 is 1.89 bits per heavy atom. The van der Waals surface area contributed by atoms with E-state index in [0.717, 1.165) is 10.5 Å². The molecular formula is C13H13NO3S2. The molecule has 6 heteroatoms. The number of benzene rings is 1. The highest BCUT2D eigenvalue weighted by atomic mass is 32.2. The van der Waals surface area contributed by atoms with Gasteiger partial charge >= 0.3 is 0 Å². The predicted octanol–water partition coefficient (Wildman–Crippen LogP) is 2.13. The van der Waals surface area contributed by atoms with Crippen LogP contribution in [-0.2, 0) is 16.4 Å². The van der Waals surface area contributed by atoms with Gasteiger partial charge in [-0.05, 0) is 29.8 Å². The topological polar surface area (TPSA) is 67.3 Å². The van der Waals surface area contributed by atoms with Crippen molar-refractivity contribution in [3.63, 3.8) is 0 Å². The van der Waals surface area contributed by atoms with E-state index < -0.39 is 9.84 Å². The molecule has 1 aromatic heterocycles. The Hall–Kier alpha value is -1.37. The van der Waals surface area contributed by atoms with Crippen molar-refractivity contribution in [2.24, 2.45) is 0 Å². The van der Waals surface area contributed by atoms with Crippen molar-refractivity contribution in [1.29, 1.82) is 0 Å². The molecule has 0 radical (unpaired) electrons. The molecule has 0 bridgehead atoms. The number of sulfone groups is 1. The molecule has 0 saturated heterocycles. The number of nitrogens with zero attached hydrogens (tertiary/aromatic N) is 1. The predicted molar refractivity (Wildman–Crippen MR) is 73.8 cm³/mol. The van der Waals surface area contributed by atoms with Crippen LogP contribution >= 0.6 is 11.8 Å². The zero-order chi connectivity index (χ0) is 13.9. The van der Waals surface area contributed by atoms with Crippen LogP contribution in [0.5, 0.6) is 0 Å². The Bertz CT molecular complexity index is 667. The molecule has 0 spiro atoms. The van der Waals surface area contributed by atoms with Crippen molar-refractivity contribution in [3.05, 3.63) is 48.2 Å². The maximum absolute atomic E-state index is 11.7. The highest BCUT2D eigenvalue weighted by Gasteiger charge is 2.14. The summed E-state index contributed by atoms with van der Waals surface area (Å²) in [6.07, 6.45) is 2.74. The first kappa shape index (κ1) is 14.0. The van der Waals surface area contributed by atoms with E-state index in [-0.39, 0.29) is 11.5 Å². The van der Waals surface area contributed by atoms with E-state index in [0.29, 0.717) is 5.03 Å². The normalized spacial score (nSPS) is 11.5. The molecule has 19 heavy (non-hydrogen) atoms. The van der Waals surface area contributed by atoms with Gasteiger partial charge in [0.25, 0.3) is 0 Å². The highest BCUT2D eigenvalue weighted by Crippen LogP contribution is 2.30. The lowest BCUT2D eigenvalue weighted by atomic mass is 10.2. The minimum absolute atomic E-state index is 0.0108. The summed E-state index contributed by atoms with van der Waals surface area (Å²) in [6, 6.07) is 10.4. The first-order valence-electron chi connectivity index (χ1n) is 5.53. The van der Waals surface area contributed by atoms with Crippen LogP contribution in [0.3, 0.4) is 0 Å². The van der Waals surface area contributed by atoms with E-state index in [9.17, 15) is 8.42 Å². The van der Waals surface area contributed by atoms with Crippen LogP contribution in [0, 0.1) is 0 Å². The smallest absolute Gasteiger partial charge is 0.178 e. The van der Waals surface area contributed by atoms with Crippen LogP contribution in [-0.4, -0.2) is 24.8 Å². The van der Waals surface area contributed by atoms with Crippen molar-refractivity contribution >= 4 is 21.6 Å². The van der Waals surface area contributed by atoms with E-state index in [1.807, 2.05) is 12.1 Å². The van der Waals surface area contributed by atoms with Crippen LogP contribution < -0.4 is 0 Å². The molecule has 0 aliphatic heterocycles. The fourth-order valence-corrected chi connectivity index (χ4v) is 3.56. The van der Waals surface area contributed by atoms with Gasteiger partial charge in [0.2, 0.25) is 0 Å². The Labute approximate surface area is 116 Å². The zero-order valence-electron chi connectivity index (χ0n) is 10.3. The lowest BCUT2D eigenvalue weighted by Crippen LogP contribution is -2.00. The molecule has 0 amide bonds. The highest BCUT2D eigenvalue weighted by molar-refractivity contribution is 8.00. The molecule has 2 rings (SSSR count). The maximum atomic E-state index is 11.7. The molecule has 1 N–H and O–H groups in total. The summed E-state index contributed by atoms with van der Waals surface area (Å²) in [6.45, 7) is -0.0108. The summed E-state index contributed by atoms with van der Waals surface area (Å²) in [7, 11) is -3.29. The summed E-state index contributed by atoms with van der Waals surface area (Å²) >= 11 is 1.29. The number of hydrogen-bond donors (Lipinski definition) is 1. The maximum Gasteiger partial charge on any atom is 0.178 e. The van der Waals surface area contributed by atoms with Crippen LogP contribution in [0.4, 0.5) is 0 Å². The second-order valence-corrected chi connectivity index (χ2v) is 7.03. The van der Waals surface area contributed by atoms with Crippen LogP contribution in [0.25, 0.3) is 0 Å². The van der Waals surface area contributed by atoms with Gasteiger partial charge in [-0.1, -0.05) is 23.9 Å². The van der Waals surface area contributed by atoms with Crippen molar-refractivity contribution in [2.45, 2.75) is 21.4 Å². The van der Waals surface area contributed by atoms with Gasteiger partial charge in [0.05, 0.1) is 11.5 Å². The summed E-state index contributed by atoms with van der Waals surface area (Å²) in [5.74, 6) is 0. The monoisotopic (exact) mass is 295 g/mol. The number of pyridine rings is 1. The molecule has 0 fully saturated rings. The van der Waals surface area contributed by atoms with E-state index in [2.05, 4.69) is 4.98 Å². The first-order chi connectivity index (χ1) is 9.00. The van der Waals surface area contributed by atoms with E-state index in [4.69, 9.17) is 5.11 Å². The van der Waals surface area contributed by atoms with Crippen LogP contribution in [0.15, 0.2) is 57.4 Å². The minimum Gasteiger partial charge on any atom is -0.392 e. The molecule has 0 atom stereocenters. The molecule has 0 aliphatic carbocycles. The summed E-state index contributed by atoms with van der Waals surface area (Å²) in [5, 5.41) is 9.43. The molecule has 0 unspecified atom stereocenters. The molecular weight excluding hydrogens is 282 g/mol. The van der Waals surface area contributed by atoms with Crippen molar-refractivity contribution in [1.82, 2.24) is 4.98 Å². The average molecular weight is 295 g/mol. The lowest BCUT2D eigenvalue weighted by molar-refractivity contribution is 0.282. The molecule has 1 heterocycles. The van der Waals surface area contributed by atoms with E-state index in [1.54, 1.807) is 30.5 Å². The molecule has 0 aliphatic rings. The van der Waals surface area contributed by atoms with Gasteiger partial charge in [0, 0.05) is 17.3 Å². The van der Waals surface area contributed by atoms with E-state index in [1.165, 1.54) is 18.0 Å². The van der Waals surface area contributed by atoms with Gasteiger partial charge < -0.3 is 5.11 Å². The first-order valence-corrected chi connectivity index (χ1v) is 8.24. The van der Waals surface area contributed by atoms with Crippen molar-refractivity contribution in [3.8, 4) is 0 Å². The Morgan fingerprint density at radius 3 is 2.47 bits per heavy atom. The van der Waals surface area contributed by atoms with Gasteiger partial charge in [-0.2, -0.15) is 0 Å². The number of aliphatic hydroxyl groups excluding tert-OH is 1. The average Bonchev–Trinajstić information content (AvgIpc) is 2.39. The van der Waals surface area contributed by atoms with Crippen molar-refractivity contribution < 1.29 is 13.5 Å². The fourth-order valence-electron chi connectivity index (χ4n) is 1.51. The third kappa shape index (κ3) is 3.56. The number of hydrogen-bond acceptors (Lipinski definition) is 5. The molecule has 100 valence electrons.